The Morgan fingerprint density at radius 3 is 1.94 bits per heavy atom. The fourth-order valence-corrected chi connectivity index (χ4v) is 3.32. The Labute approximate surface area is 202 Å². The van der Waals surface area contributed by atoms with Crippen LogP contribution < -0.4 is 23.7 Å². The van der Waals surface area contributed by atoms with E-state index in [-0.39, 0.29) is 11.3 Å². The molecule has 8 heteroatoms. The Hall–Kier alpha value is -4.15. The van der Waals surface area contributed by atoms with Crippen molar-refractivity contribution in [1.82, 2.24) is 0 Å². The zero-order valence-corrected chi connectivity index (χ0v) is 19.8. The number of hydrogen-bond acceptors (Lipinski definition) is 7. The summed E-state index contributed by atoms with van der Waals surface area (Å²) in [6, 6.07) is 17.1. The quantitative estimate of drug-likeness (QED) is 0.178. The highest BCUT2D eigenvalue weighted by Crippen LogP contribution is 2.39. The van der Waals surface area contributed by atoms with Crippen molar-refractivity contribution in [1.29, 1.82) is 5.26 Å². The van der Waals surface area contributed by atoms with E-state index in [1.165, 1.54) is 40.6 Å². The lowest BCUT2D eigenvalue weighted by molar-refractivity contribution is 0.0728. The third-order valence-electron chi connectivity index (χ3n) is 4.88. The molecular weight excluding hydrogens is 458 g/mol. The van der Waals surface area contributed by atoms with Gasteiger partial charge in [-0.1, -0.05) is 29.8 Å². The fourth-order valence-electron chi connectivity index (χ4n) is 3.19. The lowest BCUT2D eigenvalue weighted by Crippen LogP contribution is -2.10. The van der Waals surface area contributed by atoms with E-state index in [0.717, 1.165) is 5.56 Å². The lowest BCUT2D eigenvalue weighted by Gasteiger charge is -2.14. The van der Waals surface area contributed by atoms with E-state index in [4.69, 9.17) is 35.3 Å². The molecule has 7 nitrogen and oxygen atoms in total. The summed E-state index contributed by atoms with van der Waals surface area (Å²) >= 11 is 5.93. The minimum atomic E-state index is -0.639. The van der Waals surface area contributed by atoms with Gasteiger partial charge in [0, 0.05) is 5.02 Å². The van der Waals surface area contributed by atoms with Crippen LogP contribution in [0.25, 0.3) is 11.6 Å². The second-order valence-electron chi connectivity index (χ2n) is 6.89. The molecule has 0 N–H and O–H groups in total. The molecule has 0 aliphatic heterocycles. The van der Waals surface area contributed by atoms with Crippen LogP contribution in [0.15, 0.2) is 54.6 Å². The van der Waals surface area contributed by atoms with Gasteiger partial charge in [-0.15, -0.1) is 0 Å². The molecule has 3 aromatic carbocycles. The van der Waals surface area contributed by atoms with E-state index in [0.29, 0.717) is 39.2 Å². The molecule has 0 fully saturated rings. The van der Waals surface area contributed by atoms with Crippen LogP contribution in [-0.4, -0.2) is 34.4 Å². The summed E-state index contributed by atoms with van der Waals surface area (Å²) in [6.45, 7) is 0. The molecule has 0 bridgehead atoms. The molecule has 0 unspecified atom stereocenters. The van der Waals surface area contributed by atoms with Gasteiger partial charge in [0.2, 0.25) is 5.75 Å². The van der Waals surface area contributed by atoms with Crippen LogP contribution in [0.3, 0.4) is 0 Å². The standard InChI is InChI=1S/C26H22ClNO6/c1-30-22-12-16(11-19(15-28)17-6-8-20(27)9-7-17)5-10-21(22)34-26(29)18-13-23(31-2)25(33-4)24(14-18)32-3/h5-14H,1-4H3. The highest BCUT2D eigenvalue weighted by Gasteiger charge is 2.19. The SMILES string of the molecule is COc1cc(C=C(C#N)c2ccc(Cl)cc2)ccc1OC(=O)c1cc(OC)c(OC)c(OC)c1. The van der Waals surface area contributed by atoms with Gasteiger partial charge < -0.3 is 23.7 Å². The highest BCUT2D eigenvalue weighted by atomic mass is 35.5. The van der Waals surface area contributed by atoms with Gasteiger partial charge in [0.05, 0.1) is 45.6 Å². The second-order valence-corrected chi connectivity index (χ2v) is 7.33. The number of benzene rings is 3. The monoisotopic (exact) mass is 479 g/mol. The van der Waals surface area contributed by atoms with E-state index < -0.39 is 5.97 Å². The lowest BCUT2D eigenvalue weighted by atomic mass is 10.0. The molecule has 0 atom stereocenters. The first-order valence-corrected chi connectivity index (χ1v) is 10.4. The number of carbonyl (C=O) groups is 1. The van der Waals surface area contributed by atoms with E-state index in [9.17, 15) is 10.1 Å². The van der Waals surface area contributed by atoms with Gasteiger partial charge in [0.1, 0.15) is 0 Å². The summed E-state index contributed by atoms with van der Waals surface area (Å²) in [7, 11) is 5.86. The van der Waals surface area contributed by atoms with Gasteiger partial charge >= 0.3 is 5.97 Å². The van der Waals surface area contributed by atoms with Crippen LogP contribution in [0.5, 0.6) is 28.7 Å². The second kappa shape index (κ2) is 11.1. The van der Waals surface area contributed by atoms with Crippen molar-refractivity contribution in [2.45, 2.75) is 0 Å². The first-order valence-electron chi connectivity index (χ1n) is 10.0. The predicted molar refractivity (Wildman–Crippen MR) is 129 cm³/mol. The van der Waals surface area contributed by atoms with Crippen LogP contribution in [0.1, 0.15) is 21.5 Å². The zero-order chi connectivity index (χ0) is 24.7. The summed E-state index contributed by atoms with van der Waals surface area (Å²) in [6.07, 6.45) is 1.70. The topological polar surface area (TPSA) is 87.0 Å². The number of hydrogen-bond donors (Lipinski definition) is 0. The smallest absolute Gasteiger partial charge is 0.343 e. The number of halogens is 1. The molecule has 3 rings (SSSR count). The Balaban J connectivity index is 1.90. The molecule has 0 aliphatic carbocycles. The molecule has 0 aliphatic rings. The van der Waals surface area contributed by atoms with E-state index in [1.807, 2.05) is 0 Å². The number of ether oxygens (including phenoxy) is 5. The van der Waals surface area contributed by atoms with Gasteiger partial charge in [-0.3, -0.25) is 0 Å². The van der Waals surface area contributed by atoms with Gasteiger partial charge in [-0.05, 0) is 53.6 Å². The van der Waals surface area contributed by atoms with Crippen molar-refractivity contribution in [2.75, 3.05) is 28.4 Å². The van der Waals surface area contributed by atoms with Crippen molar-refractivity contribution in [2.24, 2.45) is 0 Å². The number of allylic oxidation sites excluding steroid dienone is 1. The molecule has 0 radical (unpaired) electrons. The molecule has 0 amide bonds. The Bertz CT molecular complexity index is 1240. The van der Waals surface area contributed by atoms with Crippen LogP contribution in [0.4, 0.5) is 0 Å². The molecule has 0 saturated carbocycles. The molecule has 3 aromatic rings. The van der Waals surface area contributed by atoms with E-state index in [1.54, 1.807) is 48.5 Å². The van der Waals surface area contributed by atoms with Crippen molar-refractivity contribution in [3.8, 4) is 34.8 Å². The zero-order valence-electron chi connectivity index (χ0n) is 19.0. The molecular formula is C26H22ClNO6. The molecule has 174 valence electrons. The van der Waals surface area contributed by atoms with Gasteiger partial charge in [0.15, 0.2) is 23.0 Å². The summed E-state index contributed by atoms with van der Waals surface area (Å²) in [5.41, 5.74) is 2.07. The van der Waals surface area contributed by atoms with Gasteiger partial charge in [0.25, 0.3) is 0 Å². The Morgan fingerprint density at radius 2 is 1.41 bits per heavy atom. The molecule has 0 spiro atoms. The average Bonchev–Trinajstić information content (AvgIpc) is 2.87. The number of rotatable bonds is 8. The number of methoxy groups -OCH3 is 4. The van der Waals surface area contributed by atoms with Crippen LogP contribution in [-0.2, 0) is 0 Å². The van der Waals surface area contributed by atoms with Crippen molar-refractivity contribution < 1.29 is 28.5 Å². The Morgan fingerprint density at radius 1 is 0.794 bits per heavy atom. The first-order chi connectivity index (χ1) is 16.4. The number of carbonyl (C=O) groups excluding carboxylic acids is 1. The Kier molecular flexibility index (Phi) is 8.01. The van der Waals surface area contributed by atoms with Crippen molar-refractivity contribution in [3.05, 3.63) is 76.3 Å². The third kappa shape index (κ3) is 5.42. The summed E-state index contributed by atoms with van der Waals surface area (Å²) in [5, 5.41) is 10.2. The summed E-state index contributed by atoms with van der Waals surface area (Å²) < 4.78 is 26.8. The molecule has 0 heterocycles. The fraction of sp³-hybridized carbons (Fsp3) is 0.154. The van der Waals surface area contributed by atoms with Crippen LogP contribution in [0, 0.1) is 11.3 Å². The first kappa shape index (κ1) is 24.5. The number of nitriles is 1. The minimum absolute atomic E-state index is 0.204. The number of esters is 1. The van der Waals surface area contributed by atoms with Crippen LogP contribution in [0.2, 0.25) is 5.02 Å². The molecule has 0 aromatic heterocycles. The summed E-state index contributed by atoms with van der Waals surface area (Å²) in [4.78, 5) is 12.8. The summed E-state index contributed by atoms with van der Waals surface area (Å²) in [5.74, 6) is 0.912. The maximum absolute atomic E-state index is 12.8. The number of nitrogens with zero attached hydrogens (tertiary/aromatic N) is 1. The maximum atomic E-state index is 12.8. The normalized spacial score (nSPS) is 10.8. The third-order valence-corrected chi connectivity index (χ3v) is 5.13. The van der Waals surface area contributed by atoms with Gasteiger partial charge in [-0.2, -0.15) is 5.26 Å². The minimum Gasteiger partial charge on any atom is -0.493 e. The molecule has 34 heavy (non-hydrogen) atoms. The van der Waals surface area contributed by atoms with E-state index >= 15 is 0 Å². The van der Waals surface area contributed by atoms with Crippen molar-refractivity contribution in [3.63, 3.8) is 0 Å². The average molecular weight is 480 g/mol. The van der Waals surface area contributed by atoms with Gasteiger partial charge in [-0.25, -0.2) is 4.79 Å². The highest BCUT2D eigenvalue weighted by molar-refractivity contribution is 6.30. The van der Waals surface area contributed by atoms with Crippen molar-refractivity contribution >= 4 is 29.2 Å². The largest absolute Gasteiger partial charge is 0.493 e. The van der Waals surface area contributed by atoms with Crippen LogP contribution >= 0.6 is 11.6 Å². The maximum Gasteiger partial charge on any atom is 0.343 e. The predicted octanol–water partition coefficient (Wildman–Crippen LogP) is 5.66. The molecule has 0 saturated heterocycles. The van der Waals surface area contributed by atoms with E-state index in [2.05, 4.69) is 6.07 Å².